The van der Waals surface area contributed by atoms with Gasteiger partial charge in [0.15, 0.2) is 0 Å². The molecule has 3 nitrogen and oxygen atoms in total. The number of carbonyl (C=O) groups is 1. The van der Waals surface area contributed by atoms with Crippen LogP contribution < -0.4 is 10.2 Å². The average molecular weight is 314 g/mol. The minimum absolute atomic E-state index is 0.255. The number of nitrogens with zero attached hydrogens (tertiary/aromatic N) is 1. The van der Waals surface area contributed by atoms with Gasteiger partial charge < -0.3 is 10.2 Å². The van der Waals surface area contributed by atoms with Crippen molar-refractivity contribution in [1.29, 1.82) is 0 Å². The first-order valence-electron chi connectivity index (χ1n) is 9.36. The number of anilines is 1. The molecule has 1 N–H and O–H groups in total. The summed E-state index contributed by atoms with van der Waals surface area (Å²) in [4.78, 5) is 15.0. The fourth-order valence-electron chi connectivity index (χ4n) is 4.12. The maximum Gasteiger partial charge on any atom is 0.223 e. The number of amides is 1. The summed E-state index contributed by atoms with van der Waals surface area (Å²) in [6.07, 6.45) is 8.16. The molecule has 0 aromatic heterocycles. The van der Waals surface area contributed by atoms with Gasteiger partial charge in [0.1, 0.15) is 0 Å². The molecule has 0 bridgehead atoms. The predicted octanol–water partition coefficient (Wildman–Crippen LogP) is 3.99. The van der Waals surface area contributed by atoms with E-state index in [4.69, 9.17) is 0 Å². The van der Waals surface area contributed by atoms with Crippen molar-refractivity contribution < 1.29 is 4.79 Å². The van der Waals surface area contributed by atoms with Gasteiger partial charge in [-0.15, -0.1) is 0 Å². The molecule has 1 aromatic carbocycles. The average Bonchev–Trinajstić information content (AvgIpc) is 2.63. The molecule has 126 valence electrons. The van der Waals surface area contributed by atoms with Crippen LogP contribution in [0.5, 0.6) is 0 Å². The highest BCUT2D eigenvalue weighted by atomic mass is 16.1. The molecule has 1 saturated heterocycles. The first-order chi connectivity index (χ1) is 11.3. The van der Waals surface area contributed by atoms with Crippen molar-refractivity contribution in [3.05, 3.63) is 30.3 Å². The van der Waals surface area contributed by atoms with E-state index in [1.807, 2.05) is 0 Å². The molecule has 1 unspecified atom stereocenters. The van der Waals surface area contributed by atoms with Crippen LogP contribution in [0.15, 0.2) is 30.3 Å². The molecule has 23 heavy (non-hydrogen) atoms. The Morgan fingerprint density at radius 1 is 1.13 bits per heavy atom. The third-order valence-corrected chi connectivity index (χ3v) is 5.68. The highest BCUT2D eigenvalue weighted by Gasteiger charge is 2.28. The van der Waals surface area contributed by atoms with Gasteiger partial charge in [0.2, 0.25) is 5.91 Å². The third kappa shape index (κ3) is 4.27. The Bertz CT molecular complexity index is 494. The van der Waals surface area contributed by atoms with E-state index in [9.17, 15) is 4.79 Å². The first-order valence-corrected chi connectivity index (χ1v) is 9.36. The van der Waals surface area contributed by atoms with Gasteiger partial charge in [0, 0.05) is 30.7 Å². The minimum atomic E-state index is 0.255. The van der Waals surface area contributed by atoms with Gasteiger partial charge in [0.25, 0.3) is 0 Å². The standard InChI is InChI=1S/C20H30N2O/c1-2-16-10-12-17(13-11-16)20(23)21-18-7-6-14-22(15-18)19-8-4-3-5-9-19/h3-5,8-9,16-18H,2,6-7,10-15H2,1H3,(H,21,23). The van der Waals surface area contributed by atoms with E-state index >= 15 is 0 Å². The van der Waals surface area contributed by atoms with Crippen molar-refractivity contribution in [1.82, 2.24) is 5.32 Å². The number of hydrogen-bond acceptors (Lipinski definition) is 2. The monoisotopic (exact) mass is 314 g/mol. The number of piperidine rings is 1. The van der Waals surface area contributed by atoms with Crippen LogP contribution in [0, 0.1) is 11.8 Å². The van der Waals surface area contributed by atoms with Crippen LogP contribution in [-0.4, -0.2) is 25.0 Å². The molecule has 1 atom stereocenters. The second kappa shape index (κ2) is 7.85. The molecule has 3 rings (SSSR count). The molecule has 1 amide bonds. The van der Waals surface area contributed by atoms with Crippen molar-refractivity contribution >= 4 is 11.6 Å². The Labute approximate surface area is 140 Å². The van der Waals surface area contributed by atoms with Crippen molar-refractivity contribution in [3.63, 3.8) is 0 Å². The van der Waals surface area contributed by atoms with Crippen LogP contribution in [-0.2, 0) is 4.79 Å². The second-order valence-corrected chi connectivity index (χ2v) is 7.26. The zero-order chi connectivity index (χ0) is 16.1. The molecule has 1 heterocycles. The summed E-state index contributed by atoms with van der Waals surface area (Å²) in [5.74, 6) is 1.41. The van der Waals surface area contributed by atoms with E-state index in [1.165, 1.54) is 24.9 Å². The van der Waals surface area contributed by atoms with Gasteiger partial charge in [-0.3, -0.25) is 4.79 Å². The zero-order valence-electron chi connectivity index (χ0n) is 14.3. The fraction of sp³-hybridized carbons (Fsp3) is 0.650. The Hall–Kier alpha value is -1.51. The van der Waals surface area contributed by atoms with Crippen molar-refractivity contribution in [2.75, 3.05) is 18.0 Å². The van der Waals surface area contributed by atoms with Crippen LogP contribution in [0.2, 0.25) is 0 Å². The van der Waals surface area contributed by atoms with Crippen molar-refractivity contribution in [2.24, 2.45) is 11.8 Å². The minimum Gasteiger partial charge on any atom is -0.369 e. The molecule has 0 spiro atoms. The van der Waals surface area contributed by atoms with Gasteiger partial charge in [-0.25, -0.2) is 0 Å². The molecule has 3 heteroatoms. The summed E-state index contributed by atoms with van der Waals surface area (Å²) >= 11 is 0. The fourth-order valence-corrected chi connectivity index (χ4v) is 4.12. The summed E-state index contributed by atoms with van der Waals surface area (Å²) < 4.78 is 0. The lowest BCUT2D eigenvalue weighted by molar-refractivity contribution is -0.127. The number of nitrogens with one attached hydrogen (secondary N) is 1. The van der Waals surface area contributed by atoms with Gasteiger partial charge in [-0.05, 0) is 56.6 Å². The van der Waals surface area contributed by atoms with E-state index in [0.29, 0.717) is 11.9 Å². The smallest absolute Gasteiger partial charge is 0.223 e. The molecular formula is C20H30N2O. The molecule has 2 aliphatic rings. The molecule has 1 aromatic rings. The van der Waals surface area contributed by atoms with E-state index in [1.54, 1.807) is 0 Å². The molecule has 2 fully saturated rings. The topological polar surface area (TPSA) is 32.3 Å². The molecule has 1 aliphatic heterocycles. The van der Waals surface area contributed by atoms with Gasteiger partial charge in [-0.1, -0.05) is 31.5 Å². The van der Waals surface area contributed by atoms with Gasteiger partial charge >= 0.3 is 0 Å². The zero-order valence-corrected chi connectivity index (χ0v) is 14.3. The predicted molar refractivity (Wildman–Crippen MR) is 95.6 cm³/mol. The number of carbonyl (C=O) groups excluding carboxylic acids is 1. The van der Waals surface area contributed by atoms with Crippen LogP contribution in [0.1, 0.15) is 51.9 Å². The summed E-state index contributed by atoms with van der Waals surface area (Å²) in [7, 11) is 0. The quantitative estimate of drug-likeness (QED) is 0.911. The van der Waals surface area contributed by atoms with E-state index in [0.717, 1.165) is 44.7 Å². The van der Waals surface area contributed by atoms with E-state index in [-0.39, 0.29) is 5.92 Å². The lowest BCUT2D eigenvalue weighted by Gasteiger charge is -2.36. The normalized spacial score (nSPS) is 28.4. The van der Waals surface area contributed by atoms with Crippen LogP contribution in [0.4, 0.5) is 5.69 Å². The molecule has 0 radical (unpaired) electrons. The Morgan fingerprint density at radius 2 is 1.87 bits per heavy atom. The Kier molecular flexibility index (Phi) is 5.58. The van der Waals surface area contributed by atoms with E-state index < -0.39 is 0 Å². The number of rotatable bonds is 4. The lowest BCUT2D eigenvalue weighted by Crippen LogP contribution is -2.49. The van der Waals surface area contributed by atoms with Crippen LogP contribution >= 0.6 is 0 Å². The van der Waals surface area contributed by atoms with Crippen molar-refractivity contribution in [3.8, 4) is 0 Å². The summed E-state index contributed by atoms with van der Waals surface area (Å²) in [5, 5.41) is 3.34. The Balaban J connectivity index is 1.51. The number of benzene rings is 1. The Morgan fingerprint density at radius 3 is 2.57 bits per heavy atom. The molecule has 1 saturated carbocycles. The van der Waals surface area contributed by atoms with Gasteiger partial charge in [0.05, 0.1) is 0 Å². The summed E-state index contributed by atoms with van der Waals surface area (Å²) in [6.45, 7) is 4.31. The SMILES string of the molecule is CCC1CCC(C(=O)NC2CCCN(c3ccccc3)C2)CC1. The van der Waals surface area contributed by atoms with Crippen LogP contribution in [0.25, 0.3) is 0 Å². The molecule has 1 aliphatic carbocycles. The van der Waals surface area contributed by atoms with Crippen LogP contribution in [0.3, 0.4) is 0 Å². The second-order valence-electron chi connectivity index (χ2n) is 7.26. The van der Waals surface area contributed by atoms with E-state index in [2.05, 4.69) is 47.5 Å². The number of para-hydroxylation sites is 1. The first kappa shape index (κ1) is 16.4. The maximum atomic E-state index is 12.6. The maximum absolute atomic E-state index is 12.6. The highest BCUT2D eigenvalue weighted by Crippen LogP contribution is 2.31. The molecular weight excluding hydrogens is 284 g/mol. The van der Waals surface area contributed by atoms with Gasteiger partial charge in [-0.2, -0.15) is 0 Å². The lowest BCUT2D eigenvalue weighted by atomic mass is 9.80. The third-order valence-electron chi connectivity index (χ3n) is 5.68. The summed E-state index contributed by atoms with van der Waals surface area (Å²) in [6, 6.07) is 10.9. The number of hydrogen-bond donors (Lipinski definition) is 1. The highest BCUT2D eigenvalue weighted by molar-refractivity contribution is 5.79. The summed E-state index contributed by atoms with van der Waals surface area (Å²) in [5.41, 5.74) is 1.27. The van der Waals surface area contributed by atoms with Crippen molar-refractivity contribution in [2.45, 2.75) is 57.9 Å². The largest absolute Gasteiger partial charge is 0.369 e.